The molecule has 2 aromatic carbocycles. The third-order valence-electron chi connectivity index (χ3n) is 3.64. The molecule has 0 aliphatic rings. The van der Waals surface area contributed by atoms with Crippen LogP contribution < -0.4 is 5.73 Å². The first-order valence-electron chi connectivity index (χ1n) is 7.11. The molecule has 0 fully saturated rings. The van der Waals surface area contributed by atoms with Crippen molar-refractivity contribution in [3.05, 3.63) is 77.7 Å². The maximum atomic E-state index is 5.63. The van der Waals surface area contributed by atoms with E-state index in [1.165, 1.54) is 16.7 Å². The number of nitrogens with zero attached hydrogens (tertiary/aromatic N) is 2. The first-order valence-corrected chi connectivity index (χ1v) is 7.11. The van der Waals surface area contributed by atoms with Gasteiger partial charge in [0.1, 0.15) is 0 Å². The summed E-state index contributed by atoms with van der Waals surface area (Å²) in [7, 11) is 0. The third kappa shape index (κ3) is 3.03. The number of hydrogen-bond donors (Lipinski definition) is 1. The fraction of sp³-hybridized carbons (Fsp3) is 0.167. The van der Waals surface area contributed by atoms with Gasteiger partial charge in [0.05, 0.1) is 18.2 Å². The van der Waals surface area contributed by atoms with Crippen LogP contribution in [0.1, 0.15) is 16.7 Å². The molecule has 3 aromatic rings. The van der Waals surface area contributed by atoms with Gasteiger partial charge in [-0.15, -0.1) is 0 Å². The lowest BCUT2D eigenvalue weighted by Crippen LogP contribution is -2.01. The molecule has 3 rings (SSSR count). The summed E-state index contributed by atoms with van der Waals surface area (Å²) >= 11 is 0. The SMILES string of the molecule is Cc1cccc(-c2cncn2Cc2ccc(CN)cc2)c1. The van der Waals surface area contributed by atoms with Gasteiger partial charge >= 0.3 is 0 Å². The molecule has 0 unspecified atom stereocenters. The zero-order chi connectivity index (χ0) is 14.7. The van der Waals surface area contributed by atoms with Gasteiger partial charge in [0, 0.05) is 18.7 Å². The number of imidazole rings is 1. The van der Waals surface area contributed by atoms with Crippen LogP contribution in [-0.4, -0.2) is 9.55 Å². The molecule has 0 spiro atoms. The van der Waals surface area contributed by atoms with Crippen molar-refractivity contribution in [2.45, 2.75) is 20.0 Å². The highest BCUT2D eigenvalue weighted by atomic mass is 15.0. The van der Waals surface area contributed by atoms with Crippen molar-refractivity contribution in [2.24, 2.45) is 5.73 Å². The molecule has 1 heterocycles. The minimum absolute atomic E-state index is 0.583. The molecular weight excluding hydrogens is 258 g/mol. The van der Waals surface area contributed by atoms with E-state index in [4.69, 9.17) is 5.73 Å². The summed E-state index contributed by atoms with van der Waals surface area (Å²) in [5, 5.41) is 0. The molecule has 21 heavy (non-hydrogen) atoms. The minimum Gasteiger partial charge on any atom is -0.326 e. The van der Waals surface area contributed by atoms with Crippen LogP contribution in [0, 0.1) is 6.92 Å². The number of aromatic nitrogens is 2. The molecule has 0 radical (unpaired) electrons. The molecule has 3 nitrogen and oxygen atoms in total. The molecule has 1 aromatic heterocycles. The second-order valence-corrected chi connectivity index (χ2v) is 5.30. The van der Waals surface area contributed by atoms with E-state index in [0.29, 0.717) is 6.54 Å². The van der Waals surface area contributed by atoms with E-state index in [0.717, 1.165) is 17.8 Å². The topological polar surface area (TPSA) is 43.8 Å². The van der Waals surface area contributed by atoms with Crippen LogP contribution in [0.4, 0.5) is 0 Å². The number of nitrogens with two attached hydrogens (primary N) is 1. The lowest BCUT2D eigenvalue weighted by Gasteiger charge is -2.09. The highest BCUT2D eigenvalue weighted by molar-refractivity contribution is 5.60. The first kappa shape index (κ1) is 13.6. The van der Waals surface area contributed by atoms with Gasteiger partial charge < -0.3 is 10.3 Å². The highest BCUT2D eigenvalue weighted by Crippen LogP contribution is 2.21. The van der Waals surface area contributed by atoms with Gasteiger partial charge in [-0.25, -0.2) is 4.98 Å². The summed E-state index contributed by atoms with van der Waals surface area (Å²) in [6.07, 6.45) is 3.80. The number of hydrogen-bond acceptors (Lipinski definition) is 2. The van der Waals surface area contributed by atoms with Crippen molar-refractivity contribution in [3.63, 3.8) is 0 Å². The Balaban J connectivity index is 1.88. The smallest absolute Gasteiger partial charge is 0.0954 e. The quantitative estimate of drug-likeness (QED) is 0.794. The largest absolute Gasteiger partial charge is 0.326 e. The average Bonchev–Trinajstić information content (AvgIpc) is 2.96. The molecule has 0 atom stereocenters. The van der Waals surface area contributed by atoms with Gasteiger partial charge in [0.25, 0.3) is 0 Å². The summed E-state index contributed by atoms with van der Waals surface area (Å²) < 4.78 is 2.17. The molecule has 0 amide bonds. The van der Waals surface area contributed by atoms with E-state index in [1.54, 1.807) is 0 Å². The monoisotopic (exact) mass is 277 g/mol. The van der Waals surface area contributed by atoms with Gasteiger partial charge in [-0.1, -0.05) is 48.0 Å². The Morgan fingerprint density at radius 2 is 1.81 bits per heavy atom. The van der Waals surface area contributed by atoms with Gasteiger partial charge in [0.2, 0.25) is 0 Å². The van der Waals surface area contributed by atoms with Crippen LogP contribution in [0.25, 0.3) is 11.3 Å². The van der Waals surface area contributed by atoms with Gasteiger partial charge in [-0.2, -0.15) is 0 Å². The summed E-state index contributed by atoms with van der Waals surface area (Å²) in [4.78, 5) is 4.30. The van der Waals surface area contributed by atoms with Crippen LogP contribution >= 0.6 is 0 Å². The Bertz CT molecular complexity index is 726. The Morgan fingerprint density at radius 1 is 1.05 bits per heavy atom. The fourth-order valence-electron chi connectivity index (χ4n) is 2.47. The second kappa shape index (κ2) is 5.94. The molecule has 0 saturated carbocycles. The Morgan fingerprint density at radius 3 is 2.52 bits per heavy atom. The van der Waals surface area contributed by atoms with E-state index in [9.17, 15) is 0 Å². The Kier molecular flexibility index (Phi) is 3.84. The maximum absolute atomic E-state index is 5.63. The lowest BCUT2D eigenvalue weighted by atomic mass is 10.1. The summed E-state index contributed by atoms with van der Waals surface area (Å²) in [6, 6.07) is 16.9. The minimum atomic E-state index is 0.583. The Hall–Kier alpha value is -2.39. The zero-order valence-corrected chi connectivity index (χ0v) is 12.2. The van der Waals surface area contributed by atoms with E-state index >= 15 is 0 Å². The van der Waals surface area contributed by atoms with Crippen LogP contribution in [0.5, 0.6) is 0 Å². The van der Waals surface area contributed by atoms with E-state index in [1.807, 2.05) is 12.5 Å². The van der Waals surface area contributed by atoms with Crippen LogP contribution in [0.2, 0.25) is 0 Å². The molecule has 3 heteroatoms. The van der Waals surface area contributed by atoms with Gasteiger partial charge in [-0.3, -0.25) is 0 Å². The number of aryl methyl sites for hydroxylation is 1. The second-order valence-electron chi connectivity index (χ2n) is 5.30. The normalized spacial score (nSPS) is 10.8. The van der Waals surface area contributed by atoms with E-state index < -0.39 is 0 Å². The predicted octanol–water partition coefficient (Wildman–Crippen LogP) is 3.37. The van der Waals surface area contributed by atoms with E-state index in [2.05, 4.69) is 65.0 Å². The average molecular weight is 277 g/mol. The van der Waals surface area contributed by atoms with Crippen molar-refractivity contribution in [1.29, 1.82) is 0 Å². The maximum Gasteiger partial charge on any atom is 0.0954 e. The number of benzene rings is 2. The van der Waals surface area contributed by atoms with Crippen molar-refractivity contribution < 1.29 is 0 Å². The van der Waals surface area contributed by atoms with Crippen molar-refractivity contribution in [1.82, 2.24) is 9.55 Å². The van der Waals surface area contributed by atoms with Gasteiger partial charge in [-0.05, 0) is 24.1 Å². The summed E-state index contributed by atoms with van der Waals surface area (Å²) in [5.41, 5.74) is 11.6. The molecule has 2 N–H and O–H groups in total. The summed E-state index contributed by atoms with van der Waals surface area (Å²) in [5.74, 6) is 0. The van der Waals surface area contributed by atoms with Crippen LogP contribution in [-0.2, 0) is 13.1 Å². The van der Waals surface area contributed by atoms with E-state index in [-0.39, 0.29) is 0 Å². The fourth-order valence-corrected chi connectivity index (χ4v) is 2.47. The lowest BCUT2D eigenvalue weighted by molar-refractivity contribution is 0.804. The van der Waals surface area contributed by atoms with Crippen molar-refractivity contribution >= 4 is 0 Å². The molecule has 0 aliphatic carbocycles. The molecule has 0 aliphatic heterocycles. The molecule has 106 valence electrons. The van der Waals surface area contributed by atoms with Crippen molar-refractivity contribution in [2.75, 3.05) is 0 Å². The first-order chi connectivity index (χ1) is 10.3. The van der Waals surface area contributed by atoms with Crippen LogP contribution in [0.15, 0.2) is 61.1 Å². The molecule has 0 bridgehead atoms. The molecular formula is C18H19N3. The highest BCUT2D eigenvalue weighted by Gasteiger charge is 2.06. The molecule has 0 saturated heterocycles. The van der Waals surface area contributed by atoms with Crippen LogP contribution in [0.3, 0.4) is 0 Å². The Labute approximate surface area is 125 Å². The van der Waals surface area contributed by atoms with Gasteiger partial charge in [0.15, 0.2) is 0 Å². The number of rotatable bonds is 4. The third-order valence-corrected chi connectivity index (χ3v) is 3.64. The standard InChI is InChI=1S/C18H19N3/c1-14-3-2-4-17(9-14)18-11-20-13-21(18)12-16-7-5-15(10-19)6-8-16/h2-9,11,13H,10,12,19H2,1H3. The zero-order valence-electron chi connectivity index (χ0n) is 12.2. The van der Waals surface area contributed by atoms with Crippen molar-refractivity contribution in [3.8, 4) is 11.3 Å². The predicted molar refractivity (Wildman–Crippen MR) is 85.8 cm³/mol. The summed E-state index contributed by atoms with van der Waals surface area (Å²) in [6.45, 7) is 3.50.